The highest BCUT2D eigenvalue weighted by molar-refractivity contribution is 9.10. The first kappa shape index (κ1) is 13.7. The van der Waals surface area contributed by atoms with Gasteiger partial charge in [-0.25, -0.2) is 0 Å². The van der Waals surface area contributed by atoms with Gasteiger partial charge >= 0.3 is 0 Å². The standard InChI is InChI=1S/C13H20BrNO/c1-10(2)15-8-11(9-16-3)12-6-4-5-7-13(12)14/h4-7,10-11,15H,8-9H2,1-3H3. The Morgan fingerprint density at radius 1 is 1.31 bits per heavy atom. The van der Waals surface area contributed by atoms with E-state index in [2.05, 4.69) is 53.3 Å². The van der Waals surface area contributed by atoms with E-state index in [1.807, 2.05) is 6.07 Å². The molecule has 0 radical (unpaired) electrons. The SMILES string of the molecule is COCC(CNC(C)C)c1ccccc1Br. The zero-order valence-electron chi connectivity index (χ0n) is 10.2. The molecule has 0 spiro atoms. The predicted octanol–water partition coefficient (Wildman–Crippen LogP) is 3.18. The third-order valence-electron chi connectivity index (χ3n) is 2.49. The Morgan fingerprint density at radius 2 is 2.00 bits per heavy atom. The summed E-state index contributed by atoms with van der Waals surface area (Å²) in [6.07, 6.45) is 0. The van der Waals surface area contributed by atoms with Crippen LogP contribution < -0.4 is 5.32 Å². The third kappa shape index (κ3) is 4.24. The lowest BCUT2D eigenvalue weighted by molar-refractivity contribution is 0.176. The molecule has 0 saturated heterocycles. The van der Waals surface area contributed by atoms with Crippen LogP contribution in [0.15, 0.2) is 28.7 Å². The zero-order chi connectivity index (χ0) is 12.0. The van der Waals surface area contributed by atoms with E-state index >= 15 is 0 Å². The molecule has 1 rings (SSSR count). The van der Waals surface area contributed by atoms with Crippen molar-refractivity contribution < 1.29 is 4.74 Å². The molecular weight excluding hydrogens is 266 g/mol. The number of benzene rings is 1. The molecule has 3 heteroatoms. The average Bonchev–Trinajstić information content (AvgIpc) is 2.25. The summed E-state index contributed by atoms with van der Waals surface area (Å²) in [5, 5.41) is 3.46. The zero-order valence-corrected chi connectivity index (χ0v) is 11.8. The predicted molar refractivity (Wildman–Crippen MR) is 71.9 cm³/mol. The highest BCUT2D eigenvalue weighted by atomic mass is 79.9. The number of hydrogen-bond acceptors (Lipinski definition) is 2. The minimum atomic E-state index is 0.392. The summed E-state index contributed by atoms with van der Waals surface area (Å²) in [5.41, 5.74) is 1.30. The summed E-state index contributed by atoms with van der Waals surface area (Å²) < 4.78 is 6.44. The Morgan fingerprint density at radius 3 is 2.56 bits per heavy atom. The van der Waals surface area contributed by atoms with Gasteiger partial charge < -0.3 is 10.1 Å². The van der Waals surface area contributed by atoms with Gasteiger partial charge in [-0.3, -0.25) is 0 Å². The lowest BCUT2D eigenvalue weighted by Crippen LogP contribution is -2.30. The van der Waals surface area contributed by atoms with Crippen LogP contribution in [0.4, 0.5) is 0 Å². The van der Waals surface area contributed by atoms with Crippen LogP contribution in [0.2, 0.25) is 0 Å². The molecule has 90 valence electrons. The Kier molecular flexibility index (Phi) is 6.03. The first-order valence-electron chi connectivity index (χ1n) is 5.62. The Bertz CT molecular complexity index is 315. The fourth-order valence-electron chi connectivity index (χ4n) is 1.64. The van der Waals surface area contributed by atoms with E-state index in [-0.39, 0.29) is 0 Å². The van der Waals surface area contributed by atoms with Crippen molar-refractivity contribution in [2.45, 2.75) is 25.8 Å². The van der Waals surface area contributed by atoms with Gasteiger partial charge in [-0.15, -0.1) is 0 Å². The highest BCUT2D eigenvalue weighted by Crippen LogP contribution is 2.24. The lowest BCUT2D eigenvalue weighted by atomic mass is 10.00. The van der Waals surface area contributed by atoms with Crippen molar-refractivity contribution >= 4 is 15.9 Å². The molecule has 0 heterocycles. The number of ether oxygens (including phenoxy) is 1. The number of halogens is 1. The van der Waals surface area contributed by atoms with Crippen LogP contribution in [-0.4, -0.2) is 26.3 Å². The molecule has 1 atom stereocenters. The normalized spacial score (nSPS) is 13.1. The second kappa shape index (κ2) is 7.05. The van der Waals surface area contributed by atoms with E-state index in [4.69, 9.17) is 4.74 Å². The van der Waals surface area contributed by atoms with E-state index < -0.39 is 0 Å². The third-order valence-corrected chi connectivity index (χ3v) is 3.21. The van der Waals surface area contributed by atoms with E-state index in [0.717, 1.165) is 17.6 Å². The quantitative estimate of drug-likeness (QED) is 0.867. The van der Waals surface area contributed by atoms with Crippen molar-refractivity contribution in [2.24, 2.45) is 0 Å². The van der Waals surface area contributed by atoms with Crippen molar-refractivity contribution in [2.75, 3.05) is 20.3 Å². The number of rotatable bonds is 6. The Hall–Kier alpha value is -0.380. The molecule has 0 aromatic heterocycles. The minimum absolute atomic E-state index is 0.392. The van der Waals surface area contributed by atoms with Crippen LogP contribution >= 0.6 is 15.9 Å². The Balaban J connectivity index is 2.73. The second-order valence-corrected chi connectivity index (χ2v) is 5.09. The molecule has 1 N–H and O–H groups in total. The van der Waals surface area contributed by atoms with Crippen LogP contribution in [0, 0.1) is 0 Å². The molecule has 2 nitrogen and oxygen atoms in total. The lowest BCUT2D eigenvalue weighted by Gasteiger charge is -2.20. The second-order valence-electron chi connectivity index (χ2n) is 4.24. The van der Waals surface area contributed by atoms with E-state index in [9.17, 15) is 0 Å². The van der Waals surface area contributed by atoms with Crippen LogP contribution in [0.3, 0.4) is 0 Å². The summed E-state index contributed by atoms with van der Waals surface area (Å²) in [6.45, 7) is 5.99. The molecule has 0 fully saturated rings. The number of nitrogens with one attached hydrogen (secondary N) is 1. The molecule has 1 aromatic carbocycles. The number of methoxy groups -OCH3 is 1. The van der Waals surface area contributed by atoms with E-state index in [1.54, 1.807) is 7.11 Å². The highest BCUT2D eigenvalue weighted by Gasteiger charge is 2.14. The van der Waals surface area contributed by atoms with Crippen molar-refractivity contribution in [1.29, 1.82) is 0 Å². The first-order chi connectivity index (χ1) is 7.65. The molecule has 0 aliphatic rings. The van der Waals surface area contributed by atoms with E-state index in [1.165, 1.54) is 5.56 Å². The molecule has 16 heavy (non-hydrogen) atoms. The van der Waals surface area contributed by atoms with E-state index in [0.29, 0.717) is 12.0 Å². The van der Waals surface area contributed by atoms with Crippen molar-refractivity contribution in [1.82, 2.24) is 5.32 Å². The fraction of sp³-hybridized carbons (Fsp3) is 0.538. The van der Waals surface area contributed by atoms with Gasteiger partial charge in [0.15, 0.2) is 0 Å². The van der Waals surface area contributed by atoms with Crippen LogP contribution in [0.1, 0.15) is 25.3 Å². The summed E-state index contributed by atoms with van der Waals surface area (Å²) in [7, 11) is 1.75. The summed E-state index contributed by atoms with van der Waals surface area (Å²) >= 11 is 3.59. The van der Waals surface area contributed by atoms with Crippen LogP contribution in [-0.2, 0) is 4.74 Å². The molecule has 0 bridgehead atoms. The molecule has 0 aliphatic carbocycles. The molecule has 1 aromatic rings. The minimum Gasteiger partial charge on any atom is -0.384 e. The first-order valence-corrected chi connectivity index (χ1v) is 6.41. The largest absolute Gasteiger partial charge is 0.384 e. The average molecular weight is 286 g/mol. The summed E-state index contributed by atoms with van der Waals surface area (Å²) in [4.78, 5) is 0. The van der Waals surface area contributed by atoms with Crippen molar-refractivity contribution in [3.63, 3.8) is 0 Å². The maximum Gasteiger partial charge on any atom is 0.0543 e. The molecular formula is C13H20BrNO. The molecule has 0 amide bonds. The summed E-state index contributed by atoms with van der Waals surface area (Å²) in [6, 6.07) is 8.83. The van der Waals surface area contributed by atoms with Gasteiger partial charge in [0.1, 0.15) is 0 Å². The van der Waals surface area contributed by atoms with Crippen LogP contribution in [0.25, 0.3) is 0 Å². The smallest absolute Gasteiger partial charge is 0.0543 e. The topological polar surface area (TPSA) is 21.3 Å². The molecule has 0 aliphatic heterocycles. The van der Waals surface area contributed by atoms with Crippen LogP contribution in [0.5, 0.6) is 0 Å². The van der Waals surface area contributed by atoms with Gasteiger partial charge in [-0.05, 0) is 11.6 Å². The van der Waals surface area contributed by atoms with Gasteiger partial charge in [0.05, 0.1) is 6.61 Å². The summed E-state index contributed by atoms with van der Waals surface area (Å²) in [5.74, 6) is 0.392. The van der Waals surface area contributed by atoms with Gasteiger partial charge in [0.2, 0.25) is 0 Å². The van der Waals surface area contributed by atoms with Gasteiger partial charge in [-0.2, -0.15) is 0 Å². The van der Waals surface area contributed by atoms with Gasteiger partial charge in [0.25, 0.3) is 0 Å². The van der Waals surface area contributed by atoms with Gasteiger partial charge in [0, 0.05) is 30.1 Å². The fourth-order valence-corrected chi connectivity index (χ4v) is 2.25. The van der Waals surface area contributed by atoms with Crippen molar-refractivity contribution in [3.05, 3.63) is 34.3 Å². The monoisotopic (exact) mass is 285 g/mol. The molecule has 0 saturated carbocycles. The number of hydrogen-bond donors (Lipinski definition) is 1. The van der Waals surface area contributed by atoms with Gasteiger partial charge in [-0.1, -0.05) is 48.0 Å². The van der Waals surface area contributed by atoms with Crippen molar-refractivity contribution in [3.8, 4) is 0 Å². The maximum absolute atomic E-state index is 5.28. The Labute approximate surface area is 107 Å². The maximum atomic E-state index is 5.28. The molecule has 1 unspecified atom stereocenters.